The summed E-state index contributed by atoms with van der Waals surface area (Å²) in [6.45, 7) is 11.9. The van der Waals surface area contributed by atoms with E-state index in [0.29, 0.717) is 11.6 Å². The Morgan fingerprint density at radius 3 is 2.25 bits per heavy atom. The fourth-order valence-electron chi connectivity index (χ4n) is 3.73. The summed E-state index contributed by atoms with van der Waals surface area (Å²) in [5.74, 6) is 2.46. The molecule has 0 bridgehead atoms. The molecule has 0 aliphatic carbocycles. The van der Waals surface area contributed by atoms with Gasteiger partial charge in [-0.25, -0.2) is 0 Å². The highest BCUT2D eigenvalue weighted by atomic mass is 16.5. The van der Waals surface area contributed by atoms with Gasteiger partial charge in [0.25, 0.3) is 0 Å². The molecule has 2 saturated heterocycles. The van der Waals surface area contributed by atoms with E-state index >= 15 is 0 Å². The summed E-state index contributed by atoms with van der Waals surface area (Å²) in [7, 11) is 1.86. The minimum atomic E-state index is 0.440. The number of methoxy groups -OCH3 is 1. The smallest absolute Gasteiger partial charge is 0.0716 e. The summed E-state index contributed by atoms with van der Waals surface area (Å²) in [4.78, 5) is 2.72. The fraction of sp³-hybridized carbons (Fsp3) is 1.00. The Balaban J connectivity index is 2.15. The van der Waals surface area contributed by atoms with Gasteiger partial charge in [0, 0.05) is 25.7 Å². The summed E-state index contributed by atoms with van der Waals surface area (Å²) < 4.78 is 5.58. The lowest BCUT2D eigenvalue weighted by atomic mass is 9.78. The summed E-state index contributed by atoms with van der Waals surface area (Å²) in [6.07, 6.45) is 3.09. The lowest BCUT2D eigenvalue weighted by Crippen LogP contribution is -2.42. The molecular weight excluding hydrogens is 198 g/mol. The Labute approximate surface area is 100 Å². The SMILES string of the molecule is COC1CN2CC(C(C)C)CC2(C(C)C)C1. The van der Waals surface area contributed by atoms with Crippen LogP contribution in [-0.2, 0) is 4.74 Å². The first-order chi connectivity index (χ1) is 7.49. The van der Waals surface area contributed by atoms with Gasteiger partial charge in [0.15, 0.2) is 0 Å². The van der Waals surface area contributed by atoms with E-state index in [2.05, 4.69) is 32.6 Å². The number of nitrogens with zero attached hydrogens (tertiary/aromatic N) is 1. The Hall–Kier alpha value is -0.0800. The third-order valence-electron chi connectivity index (χ3n) is 5.06. The quantitative estimate of drug-likeness (QED) is 0.732. The topological polar surface area (TPSA) is 12.5 Å². The van der Waals surface area contributed by atoms with Crippen molar-refractivity contribution in [2.75, 3.05) is 20.2 Å². The second kappa shape index (κ2) is 4.30. The molecule has 0 aromatic rings. The van der Waals surface area contributed by atoms with Gasteiger partial charge in [0.2, 0.25) is 0 Å². The van der Waals surface area contributed by atoms with Crippen molar-refractivity contribution in [2.24, 2.45) is 17.8 Å². The number of hydrogen-bond acceptors (Lipinski definition) is 2. The van der Waals surface area contributed by atoms with E-state index < -0.39 is 0 Å². The summed E-state index contributed by atoms with van der Waals surface area (Å²) in [6, 6.07) is 0. The molecule has 0 spiro atoms. The molecule has 3 unspecified atom stereocenters. The Morgan fingerprint density at radius 1 is 1.12 bits per heavy atom. The molecular formula is C14H27NO. The molecule has 2 heterocycles. The highest BCUT2D eigenvalue weighted by Gasteiger charge is 2.53. The Kier molecular flexibility index (Phi) is 3.33. The summed E-state index contributed by atoms with van der Waals surface area (Å²) in [5, 5.41) is 0. The molecule has 0 aromatic heterocycles. The number of fused-ring (bicyclic) bond motifs is 1. The molecule has 2 aliphatic heterocycles. The number of rotatable bonds is 3. The predicted molar refractivity (Wildman–Crippen MR) is 67.5 cm³/mol. The van der Waals surface area contributed by atoms with Gasteiger partial charge in [-0.15, -0.1) is 0 Å². The molecule has 0 amide bonds. The van der Waals surface area contributed by atoms with Crippen molar-refractivity contribution in [1.82, 2.24) is 4.90 Å². The van der Waals surface area contributed by atoms with Gasteiger partial charge in [-0.1, -0.05) is 27.7 Å². The first-order valence-electron chi connectivity index (χ1n) is 6.77. The largest absolute Gasteiger partial charge is 0.380 e. The van der Waals surface area contributed by atoms with Crippen LogP contribution in [0.1, 0.15) is 40.5 Å². The highest BCUT2D eigenvalue weighted by molar-refractivity contribution is 5.08. The van der Waals surface area contributed by atoms with Gasteiger partial charge in [-0.05, 0) is 30.6 Å². The van der Waals surface area contributed by atoms with Crippen LogP contribution in [0.5, 0.6) is 0 Å². The Bertz CT molecular complexity index is 251. The third-order valence-corrected chi connectivity index (χ3v) is 5.06. The molecule has 0 aromatic carbocycles. The van der Waals surface area contributed by atoms with Crippen molar-refractivity contribution in [3.63, 3.8) is 0 Å². The van der Waals surface area contributed by atoms with Crippen molar-refractivity contribution < 1.29 is 4.74 Å². The molecule has 3 atom stereocenters. The standard InChI is InChI=1S/C14H27NO/c1-10(2)12-6-14(11(3)4)7-13(16-5)9-15(14)8-12/h10-13H,6-9H2,1-5H3. The zero-order valence-electron chi connectivity index (χ0n) is 11.5. The van der Waals surface area contributed by atoms with Crippen LogP contribution >= 0.6 is 0 Å². The maximum atomic E-state index is 5.58. The molecule has 2 rings (SSSR count). The number of ether oxygens (including phenoxy) is 1. The van der Waals surface area contributed by atoms with Crippen molar-refractivity contribution in [1.29, 1.82) is 0 Å². The maximum absolute atomic E-state index is 5.58. The van der Waals surface area contributed by atoms with E-state index in [9.17, 15) is 0 Å². The van der Waals surface area contributed by atoms with Crippen LogP contribution in [0.25, 0.3) is 0 Å². The van der Waals surface area contributed by atoms with Crippen LogP contribution in [-0.4, -0.2) is 36.7 Å². The zero-order valence-corrected chi connectivity index (χ0v) is 11.5. The van der Waals surface area contributed by atoms with Gasteiger partial charge in [0.1, 0.15) is 0 Å². The third kappa shape index (κ3) is 1.80. The Morgan fingerprint density at radius 2 is 1.81 bits per heavy atom. The van der Waals surface area contributed by atoms with Crippen LogP contribution in [0.2, 0.25) is 0 Å². The van der Waals surface area contributed by atoms with Crippen molar-refractivity contribution in [3.8, 4) is 0 Å². The molecule has 2 heteroatoms. The van der Waals surface area contributed by atoms with Crippen LogP contribution in [0.3, 0.4) is 0 Å². The average molecular weight is 225 g/mol. The molecule has 94 valence electrons. The van der Waals surface area contributed by atoms with E-state index in [1.54, 1.807) is 0 Å². The first-order valence-corrected chi connectivity index (χ1v) is 6.77. The van der Waals surface area contributed by atoms with Gasteiger partial charge in [-0.3, -0.25) is 4.90 Å². The van der Waals surface area contributed by atoms with Gasteiger partial charge in [-0.2, -0.15) is 0 Å². The van der Waals surface area contributed by atoms with Crippen molar-refractivity contribution in [2.45, 2.75) is 52.2 Å². The highest BCUT2D eigenvalue weighted by Crippen LogP contribution is 2.48. The van der Waals surface area contributed by atoms with Crippen LogP contribution in [0, 0.1) is 17.8 Å². The van der Waals surface area contributed by atoms with Gasteiger partial charge < -0.3 is 4.74 Å². The van der Waals surface area contributed by atoms with Crippen molar-refractivity contribution >= 4 is 0 Å². The van der Waals surface area contributed by atoms with Gasteiger partial charge in [0.05, 0.1) is 6.10 Å². The van der Waals surface area contributed by atoms with Crippen LogP contribution < -0.4 is 0 Å². The molecule has 2 fully saturated rings. The van der Waals surface area contributed by atoms with Crippen LogP contribution in [0.15, 0.2) is 0 Å². The second-order valence-electron chi connectivity index (χ2n) is 6.43. The maximum Gasteiger partial charge on any atom is 0.0716 e. The normalized spacial score (nSPS) is 39.9. The minimum absolute atomic E-state index is 0.440. The summed E-state index contributed by atoms with van der Waals surface area (Å²) >= 11 is 0. The first kappa shape index (κ1) is 12.4. The number of hydrogen-bond donors (Lipinski definition) is 0. The predicted octanol–water partition coefficient (Wildman–Crippen LogP) is 2.78. The molecule has 16 heavy (non-hydrogen) atoms. The molecule has 0 N–H and O–H groups in total. The lowest BCUT2D eigenvalue weighted by molar-refractivity contribution is 0.102. The second-order valence-corrected chi connectivity index (χ2v) is 6.43. The molecule has 0 saturated carbocycles. The molecule has 2 aliphatic rings. The molecule has 0 radical (unpaired) electrons. The van der Waals surface area contributed by atoms with Gasteiger partial charge >= 0.3 is 0 Å². The van der Waals surface area contributed by atoms with E-state index in [1.165, 1.54) is 19.4 Å². The van der Waals surface area contributed by atoms with E-state index in [-0.39, 0.29) is 0 Å². The van der Waals surface area contributed by atoms with E-state index in [1.807, 2.05) is 7.11 Å². The average Bonchev–Trinajstić information content (AvgIpc) is 2.70. The fourth-order valence-corrected chi connectivity index (χ4v) is 3.73. The molecule has 2 nitrogen and oxygen atoms in total. The lowest BCUT2D eigenvalue weighted by Gasteiger charge is -2.36. The minimum Gasteiger partial charge on any atom is -0.380 e. The summed E-state index contributed by atoms with van der Waals surface area (Å²) in [5.41, 5.74) is 0.440. The van der Waals surface area contributed by atoms with E-state index in [4.69, 9.17) is 4.74 Å². The van der Waals surface area contributed by atoms with Crippen molar-refractivity contribution in [3.05, 3.63) is 0 Å². The zero-order chi connectivity index (χ0) is 11.9. The van der Waals surface area contributed by atoms with E-state index in [0.717, 1.165) is 24.3 Å². The van der Waals surface area contributed by atoms with Crippen LogP contribution in [0.4, 0.5) is 0 Å². The monoisotopic (exact) mass is 225 g/mol.